The number of hydrogen-bond acceptors (Lipinski definition) is 5. The third kappa shape index (κ3) is 6.14. The van der Waals surface area contributed by atoms with Gasteiger partial charge >= 0.3 is 5.97 Å². The molecular formula is C27H17Cl5FN3O4. The van der Waals surface area contributed by atoms with Gasteiger partial charge in [-0.1, -0.05) is 34.8 Å². The topological polar surface area (TPSA) is 99.5 Å². The highest BCUT2D eigenvalue weighted by atomic mass is 35.5. The summed E-state index contributed by atoms with van der Waals surface area (Å²) in [6, 6.07) is 13.8. The number of rotatable bonds is 7. The van der Waals surface area contributed by atoms with Crippen LogP contribution in [0.1, 0.15) is 27.4 Å². The first-order chi connectivity index (χ1) is 18.9. The fourth-order valence-electron chi connectivity index (χ4n) is 4.25. The van der Waals surface area contributed by atoms with E-state index in [-0.39, 0.29) is 27.5 Å². The second-order valence-corrected chi connectivity index (χ2v) is 11.5. The Labute approximate surface area is 253 Å². The molecular weight excluding hydrogens is 627 g/mol. The lowest BCUT2D eigenvalue weighted by Crippen LogP contribution is -2.37. The number of halogens is 6. The molecule has 0 heterocycles. The number of carbonyl (C=O) groups is 3. The van der Waals surface area contributed by atoms with E-state index in [1.807, 2.05) is 0 Å². The zero-order chi connectivity index (χ0) is 29.4. The molecule has 0 saturated heterocycles. The SMILES string of the molecule is COC(=O)CN(C(=O)c1cc(NC(=O)[C@H]2[C@H](c3cc(Cl)cc(Cl)c3)C2(Cl)Cl)ccc1Cl)c1ccc(F)cc1C#N. The molecule has 206 valence electrons. The Hall–Kier alpha value is -3.06. The van der Waals surface area contributed by atoms with Crippen LogP contribution in [0.5, 0.6) is 0 Å². The van der Waals surface area contributed by atoms with Gasteiger partial charge in [-0.15, -0.1) is 23.2 Å². The second-order valence-electron chi connectivity index (χ2n) is 8.76. The highest BCUT2D eigenvalue weighted by molar-refractivity contribution is 6.53. The lowest BCUT2D eigenvalue weighted by atomic mass is 10.1. The number of anilines is 2. The van der Waals surface area contributed by atoms with Crippen LogP contribution in [0.4, 0.5) is 15.8 Å². The molecule has 3 aromatic rings. The molecule has 1 aliphatic rings. The van der Waals surface area contributed by atoms with Crippen molar-refractivity contribution in [3.63, 3.8) is 0 Å². The lowest BCUT2D eigenvalue weighted by Gasteiger charge is -2.23. The number of amides is 2. The van der Waals surface area contributed by atoms with Crippen molar-refractivity contribution < 1.29 is 23.5 Å². The highest BCUT2D eigenvalue weighted by Gasteiger charge is 2.67. The Morgan fingerprint density at radius 3 is 2.35 bits per heavy atom. The number of methoxy groups -OCH3 is 1. The molecule has 1 fully saturated rings. The van der Waals surface area contributed by atoms with Gasteiger partial charge in [0.15, 0.2) is 0 Å². The fourth-order valence-corrected chi connectivity index (χ4v) is 5.82. The molecule has 0 unspecified atom stereocenters. The quantitative estimate of drug-likeness (QED) is 0.221. The standard InChI is InChI=1S/C27H17Cl5FN3O4/c1-40-22(37)12-36(21-5-2-17(33)8-14(21)11-34)26(39)19-10-18(3-4-20(19)30)35-25(38)24-23(27(24,31)32)13-6-15(28)9-16(29)7-13/h2-10,23-24H,12H2,1H3,(H,35,38)/t23-,24+/m0/s1. The first-order valence-electron chi connectivity index (χ1n) is 11.4. The van der Waals surface area contributed by atoms with Crippen LogP contribution in [0.3, 0.4) is 0 Å². The van der Waals surface area contributed by atoms with Crippen molar-refractivity contribution in [2.24, 2.45) is 5.92 Å². The molecule has 0 aliphatic heterocycles. The Balaban J connectivity index is 1.63. The van der Waals surface area contributed by atoms with Gasteiger partial charge in [0.2, 0.25) is 5.91 Å². The smallest absolute Gasteiger partial charge is 0.325 e. The molecule has 7 nitrogen and oxygen atoms in total. The van der Waals surface area contributed by atoms with E-state index in [1.165, 1.54) is 30.3 Å². The molecule has 1 saturated carbocycles. The van der Waals surface area contributed by atoms with Crippen molar-refractivity contribution in [3.05, 3.63) is 92.2 Å². The maximum atomic E-state index is 13.7. The predicted molar refractivity (Wildman–Crippen MR) is 152 cm³/mol. The summed E-state index contributed by atoms with van der Waals surface area (Å²) in [7, 11) is 1.13. The van der Waals surface area contributed by atoms with E-state index in [0.29, 0.717) is 15.6 Å². The first-order valence-corrected chi connectivity index (χ1v) is 13.3. The minimum atomic E-state index is -1.43. The Morgan fingerprint density at radius 1 is 1.05 bits per heavy atom. The summed E-state index contributed by atoms with van der Waals surface area (Å²) in [5.74, 6) is -4.32. The van der Waals surface area contributed by atoms with E-state index in [9.17, 15) is 24.0 Å². The largest absolute Gasteiger partial charge is 0.468 e. The summed E-state index contributed by atoms with van der Waals surface area (Å²) >= 11 is 31.3. The molecule has 2 amide bonds. The summed E-state index contributed by atoms with van der Waals surface area (Å²) in [4.78, 5) is 39.8. The predicted octanol–water partition coefficient (Wildman–Crippen LogP) is 7.00. The highest BCUT2D eigenvalue weighted by Crippen LogP contribution is 2.65. The van der Waals surface area contributed by atoms with Crippen LogP contribution < -0.4 is 10.2 Å². The average Bonchev–Trinajstić information content (AvgIpc) is 3.49. The van der Waals surface area contributed by atoms with E-state index in [0.717, 1.165) is 24.1 Å². The summed E-state index contributed by atoms with van der Waals surface area (Å²) in [6.45, 7) is -0.602. The zero-order valence-electron chi connectivity index (χ0n) is 20.4. The lowest BCUT2D eigenvalue weighted by molar-refractivity contribution is -0.138. The molecule has 0 radical (unpaired) electrons. The van der Waals surface area contributed by atoms with Crippen LogP contribution in [0.15, 0.2) is 54.6 Å². The first kappa shape index (κ1) is 29.9. The van der Waals surface area contributed by atoms with Gasteiger partial charge in [0.25, 0.3) is 5.91 Å². The Kier molecular flexibility index (Phi) is 8.83. The number of alkyl halides is 2. The van der Waals surface area contributed by atoms with Crippen LogP contribution in [-0.4, -0.2) is 35.8 Å². The molecule has 0 spiro atoms. The molecule has 0 bridgehead atoms. The van der Waals surface area contributed by atoms with Crippen molar-refractivity contribution in [1.82, 2.24) is 0 Å². The maximum absolute atomic E-state index is 13.7. The molecule has 0 aromatic heterocycles. The van der Waals surface area contributed by atoms with Crippen LogP contribution in [0.2, 0.25) is 15.1 Å². The van der Waals surface area contributed by atoms with Gasteiger partial charge in [-0.05, 0) is 60.2 Å². The average molecular weight is 644 g/mol. The van der Waals surface area contributed by atoms with Crippen molar-refractivity contribution in [3.8, 4) is 6.07 Å². The molecule has 4 rings (SSSR count). The van der Waals surface area contributed by atoms with Crippen LogP contribution in [0, 0.1) is 23.1 Å². The van der Waals surface area contributed by atoms with Gasteiger partial charge in [-0.3, -0.25) is 19.3 Å². The molecule has 2 atom stereocenters. The van der Waals surface area contributed by atoms with Crippen molar-refractivity contribution in [1.29, 1.82) is 5.26 Å². The van der Waals surface area contributed by atoms with Gasteiger partial charge in [0, 0.05) is 21.7 Å². The van der Waals surface area contributed by atoms with Crippen molar-refractivity contribution in [2.75, 3.05) is 23.9 Å². The molecule has 1 aliphatic carbocycles. The van der Waals surface area contributed by atoms with Crippen LogP contribution >= 0.6 is 58.0 Å². The maximum Gasteiger partial charge on any atom is 0.325 e. The van der Waals surface area contributed by atoms with Crippen molar-refractivity contribution >= 4 is 87.2 Å². The van der Waals surface area contributed by atoms with E-state index in [2.05, 4.69) is 10.1 Å². The summed E-state index contributed by atoms with van der Waals surface area (Å²) in [6.07, 6.45) is 0. The van der Waals surface area contributed by atoms with E-state index >= 15 is 0 Å². The van der Waals surface area contributed by atoms with Gasteiger partial charge in [-0.25, -0.2) is 4.39 Å². The number of carbonyl (C=O) groups excluding carboxylic acids is 3. The number of hydrogen-bond donors (Lipinski definition) is 1. The molecule has 40 heavy (non-hydrogen) atoms. The minimum absolute atomic E-state index is 0.0135. The van der Waals surface area contributed by atoms with Gasteiger partial charge in [-0.2, -0.15) is 5.26 Å². The minimum Gasteiger partial charge on any atom is -0.468 e. The number of nitrogens with zero attached hydrogens (tertiary/aromatic N) is 2. The van der Waals surface area contributed by atoms with E-state index in [1.54, 1.807) is 18.2 Å². The van der Waals surface area contributed by atoms with E-state index < -0.39 is 46.3 Å². The molecule has 1 N–H and O–H groups in total. The number of ether oxygens (including phenoxy) is 1. The van der Waals surface area contributed by atoms with Crippen molar-refractivity contribution in [2.45, 2.75) is 10.3 Å². The second kappa shape index (κ2) is 11.8. The van der Waals surface area contributed by atoms with E-state index in [4.69, 9.17) is 58.0 Å². The van der Waals surface area contributed by atoms with Gasteiger partial charge < -0.3 is 10.1 Å². The number of esters is 1. The molecule has 13 heteroatoms. The number of nitrogens with one attached hydrogen (secondary N) is 1. The number of benzene rings is 3. The third-order valence-electron chi connectivity index (χ3n) is 6.17. The van der Waals surface area contributed by atoms with Gasteiger partial charge in [0.05, 0.1) is 34.9 Å². The van der Waals surface area contributed by atoms with Crippen LogP contribution in [-0.2, 0) is 14.3 Å². The summed E-state index contributed by atoms with van der Waals surface area (Å²) in [5.41, 5.74) is 0.405. The summed E-state index contributed by atoms with van der Waals surface area (Å²) in [5, 5.41) is 12.9. The Bertz CT molecular complexity index is 1560. The normalized spacial score (nSPS) is 16.9. The monoisotopic (exact) mass is 641 g/mol. The summed E-state index contributed by atoms with van der Waals surface area (Å²) < 4.78 is 17.0. The fraction of sp³-hybridized carbons (Fsp3) is 0.185. The molecule has 3 aromatic carbocycles. The Morgan fingerprint density at radius 2 is 1.73 bits per heavy atom. The number of nitriles is 1. The van der Waals surface area contributed by atoms with Gasteiger partial charge in [0.1, 0.15) is 22.8 Å². The van der Waals surface area contributed by atoms with Crippen LogP contribution in [0.25, 0.3) is 0 Å². The third-order valence-corrected chi connectivity index (χ3v) is 7.88. The zero-order valence-corrected chi connectivity index (χ0v) is 24.1.